The number of anilines is 3. The van der Waals surface area contributed by atoms with Crippen LogP contribution in [0.4, 0.5) is 17.1 Å². The normalized spacial score (nSPS) is 11.8. The lowest BCUT2D eigenvalue weighted by Gasteiger charge is -2.26. The van der Waals surface area contributed by atoms with Crippen LogP contribution < -0.4 is 4.90 Å². The minimum Gasteiger partial charge on any atom is -0.455 e. The molecule has 1 aromatic heterocycles. The zero-order valence-corrected chi connectivity index (χ0v) is 31.8. The van der Waals surface area contributed by atoms with Gasteiger partial charge in [-0.2, -0.15) is 0 Å². The van der Waals surface area contributed by atoms with Crippen LogP contribution in [0.15, 0.2) is 199 Å². The van der Waals surface area contributed by atoms with Crippen molar-refractivity contribution < 1.29 is 4.42 Å². The van der Waals surface area contributed by atoms with E-state index in [1.807, 2.05) is 0 Å². The lowest BCUT2D eigenvalue weighted by molar-refractivity contribution is 0.573. The molecule has 0 unspecified atom stereocenters. The van der Waals surface area contributed by atoms with Gasteiger partial charge in [-0.15, -0.1) is 0 Å². The fraction of sp³-hybridized carbons (Fsp3) is 0.0741. The molecule has 0 aliphatic rings. The Bertz CT molecular complexity index is 2900. The van der Waals surface area contributed by atoms with Crippen molar-refractivity contribution in [1.82, 2.24) is 0 Å². The lowest BCUT2D eigenvalue weighted by Crippen LogP contribution is -2.10. The van der Waals surface area contributed by atoms with Crippen LogP contribution in [0.25, 0.3) is 76.9 Å². The van der Waals surface area contributed by atoms with E-state index in [9.17, 15) is 0 Å². The van der Waals surface area contributed by atoms with Crippen molar-refractivity contribution in [3.05, 3.63) is 200 Å². The molecule has 268 valence electrons. The van der Waals surface area contributed by atoms with Crippen LogP contribution in [-0.2, 0) is 5.41 Å². The molecule has 0 aliphatic heterocycles. The molecule has 10 rings (SSSR count). The molecule has 9 aromatic carbocycles. The second-order valence-corrected chi connectivity index (χ2v) is 15.7. The first-order valence-electron chi connectivity index (χ1n) is 19.4. The second kappa shape index (κ2) is 13.4. The maximum atomic E-state index is 6.75. The lowest BCUT2D eigenvalue weighted by atomic mass is 9.86. The first-order valence-corrected chi connectivity index (χ1v) is 19.4. The molecule has 0 fully saturated rings. The van der Waals surface area contributed by atoms with Gasteiger partial charge in [0.15, 0.2) is 0 Å². The Kier molecular flexibility index (Phi) is 8.08. The van der Waals surface area contributed by atoms with Gasteiger partial charge in [0.25, 0.3) is 0 Å². The predicted octanol–water partition coefficient (Wildman–Crippen LogP) is 15.7. The zero-order valence-electron chi connectivity index (χ0n) is 31.8. The van der Waals surface area contributed by atoms with E-state index in [2.05, 4.69) is 220 Å². The highest BCUT2D eigenvalue weighted by atomic mass is 16.3. The van der Waals surface area contributed by atoms with Crippen LogP contribution in [0.1, 0.15) is 26.3 Å². The van der Waals surface area contributed by atoms with Gasteiger partial charge in [-0.3, -0.25) is 0 Å². The molecule has 0 saturated heterocycles. The summed E-state index contributed by atoms with van der Waals surface area (Å²) in [5.74, 6) is 0. The minimum absolute atomic E-state index is 0.0289. The average molecular weight is 720 g/mol. The summed E-state index contributed by atoms with van der Waals surface area (Å²) in [5, 5.41) is 7.31. The van der Waals surface area contributed by atoms with Crippen molar-refractivity contribution in [2.75, 3.05) is 4.90 Å². The van der Waals surface area contributed by atoms with Crippen LogP contribution in [0.5, 0.6) is 0 Å². The van der Waals surface area contributed by atoms with E-state index < -0.39 is 0 Å². The molecule has 0 N–H and O–H groups in total. The highest BCUT2D eigenvalue weighted by Crippen LogP contribution is 2.42. The standard InChI is InChI=1S/C54H41NO/c1-54(2,3)51-23-11-22-50-49-21-10-20-48(52(49)56-53(50)51)40-28-34-43(35-29-40)55(41-30-24-38(25-31-41)46-18-8-14-36-12-4-6-16-44(36)46)42-32-26-39(27-33-42)47-19-9-15-37-13-5-7-17-45(37)47/h4-35H,1-3H3. The highest BCUT2D eigenvalue weighted by molar-refractivity contribution is 6.10. The minimum atomic E-state index is -0.0289. The van der Waals surface area contributed by atoms with Gasteiger partial charge in [0, 0.05) is 39.0 Å². The Labute approximate surface area is 327 Å². The van der Waals surface area contributed by atoms with Gasteiger partial charge in [-0.05, 0) is 91.2 Å². The monoisotopic (exact) mass is 719 g/mol. The van der Waals surface area contributed by atoms with Crippen molar-refractivity contribution in [1.29, 1.82) is 0 Å². The number of rotatable bonds is 6. The number of furan rings is 1. The maximum Gasteiger partial charge on any atom is 0.143 e. The quantitative estimate of drug-likeness (QED) is 0.170. The molecular weight excluding hydrogens is 679 g/mol. The third-order valence-corrected chi connectivity index (χ3v) is 11.2. The molecule has 2 nitrogen and oxygen atoms in total. The van der Waals surface area contributed by atoms with E-state index >= 15 is 0 Å². The predicted molar refractivity (Wildman–Crippen MR) is 238 cm³/mol. The Morgan fingerprint density at radius 1 is 0.339 bits per heavy atom. The third kappa shape index (κ3) is 5.82. The van der Waals surface area contributed by atoms with E-state index in [0.29, 0.717) is 0 Å². The van der Waals surface area contributed by atoms with E-state index in [1.165, 1.54) is 49.4 Å². The average Bonchev–Trinajstić information content (AvgIpc) is 3.63. The first kappa shape index (κ1) is 33.7. The van der Waals surface area contributed by atoms with Crippen molar-refractivity contribution in [3.63, 3.8) is 0 Å². The van der Waals surface area contributed by atoms with Crippen LogP contribution in [-0.4, -0.2) is 0 Å². The summed E-state index contributed by atoms with van der Waals surface area (Å²) in [5.41, 5.74) is 13.4. The SMILES string of the molecule is CC(C)(C)c1cccc2c1oc1c(-c3ccc(N(c4ccc(-c5cccc6ccccc56)cc4)c4ccc(-c5cccc6ccccc56)cc4)cc3)cccc12. The molecule has 0 radical (unpaired) electrons. The zero-order chi connectivity index (χ0) is 37.8. The number of benzene rings is 9. The van der Waals surface area contributed by atoms with Crippen molar-refractivity contribution in [3.8, 4) is 33.4 Å². The molecule has 0 bridgehead atoms. The van der Waals surface area contributed by atoms with Crippen LogP contribution in [0.3, 0.4) is 0 Å². The van der Waals surface area contributed by atoms with Crippen molar-refractivity contribution in [2.24, 2.45) is 0 Å². The summed E-state index contributed by atoms with van der Waals surface area (Å²) >= 11 is 0. The highest BCUT2D eigenvalue weighted by Gasteiger charge is 2.22. The Morgan fingerprint density at radius 3 is 1.21 bits per heavy atom. The van der Waals surface area contributed by atoms with E-state index in [0.717, 1.165) is 50.1 Å². The smallest absolute Gasteiger partial charge is 0.143 e. The largest absolute Gasteiger partial charge is 0.455 e. The summed E-state index contributed by atoms with van der Waals surface area (Å²) in [6.07, 6.45) is 0. The Morgan fingerprint density at radius 2 is 0.714 bits per heavy atom. The molecular formula is C54H41NO. The van der Waals surface area contributed by atoms with Gasteiger partial charge in [0.05, 0.1) is 0 Å². The molecule has 10 aromatic rings. The molecule has 0 spiro atoms. The molecule has 0 aliphatic carbocycles. The Balaban J connectivity index is 1.06. The fourth-order valence-electron chi connectivity index (χ4n) is 8.41. The summed E-state index contributed by atoms with van der Waals surface area (Å²) in [7, 11) is 0. The fourth-order valence-corrected chi connectivity index (χ4v) is 8.41. The molecule has 0 amide bonds. The van der Waals surface area contributed by atoms with E-state index in [-0.39, 0.29) is 5.41 Å². The first-order chi connectivity index (χ1) is 27.4. The van der Waals surface area contributed by atoms with Crippen molar-refractivity contribution >= 4 is 60.5 Å². The molecule has 0 atom stereocenters. The van der Waals surface area contributed by atoms with Crippen LogP contribution in [0, 0.1) is 0 Å². The molecule has 2 heteroatoms. The van der Waals surface area contributed by atoms with Gasteiger partial charge in [-0.1, -0.05) is 178 Å². The van der Waals surface area contributed by atoms with Crippen molar-refractivity contribution in [2.45, 2.75) is 26.2 Å². The van der Waals surface area contributed by atoms with Gasteiger partial charge >= 0.3 is 0 Å². The number of hydrogen-bond donors (Lipinski definition) is 0. The number of para-hydroxylation sites is 2. The summed E-state index contributed by atoms with van der Waals surface area (Å²) in [4.78, 5) is 2.35. The Hall–Kier alpha value is -6.90. The number of nitrogens with zero attached hydrogens (tertiary/aromatic N) is 1. The summed E-state index contributed by atoms with van der Waals surface area (Å²) < 4.78 is 6.75. The van der Waals surface area contributed by atoms with Crippen LogP contribution in [0.2, 0.25) is 0 Å². The number of fused-ring (bicyclic) bond motifs is 5. The van der Waals surface area contributed by atoms with E-state index in [1.54, 1.807) is 0 Å². The molecule has 1 heterocycles. The topological polar surface area (TPSA) is 16.4 Å². The van der Waals surface area contributed by atoms with Gasteiger partial charge in [0.1, 0.15) is 11.2 Å². The summed E-state index contributed by atoms with van der Waals surface area (Å²) in [6.45, 7) is 6.73. The number of hydrogen-bond acceptors (Lipinski definition) is 2. The molecule has 0 saturated carbocycles. The second-order valence-electron chi connectivity index (χ2n) is 15.7. The van der Waals surface area contributed by atoms with Gasteiger partial charge in [-0.25, -0.2) is 0 Å². The maximum absolute atomic E-state index is 6.75. The third-order valence-electron chi connectivity index (χ3n) is 11.2. The van der Waals surface area contributed by atoms with Crippen LogP contribution >= 0.6 is 0 Å². The van der Waals surface area contributed by atoms with E-state index in [4.69, 9.17) is 4.42 Å². The van der Waals surface area contributed by atoms with Gasteiger partial charge in [0.2, 0.25) is 0 Å². The summed E-state index contributed by atoms with van der Waals surface area (Å²) in [6, 6.07) is 70.2. The molecule has 56 heavy (non-hydrogen) atoms. The van der Waals surface area contributed by atoms with Gasteiger partial charge < -0.3 is 9.32 Å².